The van der Waals surface area contributed by atoms with Gasteiger partial charge >= 0.3 is 0 Å². The second kappa shape index (κ2) is 7.78. The van der Waals surface area contributed by atoms with Crippen LogP contribution in [0.5, 0.6) is 17.2 Å². The van der Waals surface area contributed by atoms with Gasteiger partial charge in [0.1, 0.15) is 11.6 Å². The summed E-state index contributed by atoms with van der Waals surface area (Å²) in [5.74, 6) is 1.68. The molecule has 2 heterocycles. The third-order valence-corrected chi connectivity index (χ3v) is 5.86. The third kappa shape index (κ3) is 3.37. The van der Waals surface area contributed by atoms with E-state index in [1.54, 1.807) is 26.4 Å². The molecule has 7 heteroatoms. The average molecular weight is 439 g/mol. The van der Waals surface area contributed by atoms with E-state index in [2.05, 4.69) is 0 Å². The molecule has 158 valence electrons. The van der Waals surface area contributed by atoms with Crippen LogP contribution in [0.3, 0.4) is 0 Å². The zero-order valence-electron chi connectivity index (χ0n) is 17.0. The highest BCUT2D eigenvalue weighted by Gasteiger charge is 2.42. The summed E-state index contributed by atoms with van der Waals surface area (Å²) in [5, 5.41) is 7.45. The van der Waals surface area contributed by atoms with Gasteiger partial charge in [0.2, 0.25) is 6.23 Å². The lowest BCUT2D eigenvalue weighted by Crippen LogP contribution is -2.34. The second-order valence-electron chi connectivity index (χ2n) is 7.39. The fraction of sp³-hybridized carbons (Fsp3) is 0.208. The SMILES string of the molecule is COc1cccc([C@@H]2Oc3ccc(Cl)cc3[C@@H]3CC(c4ccc(F)cc4)=NN32)c1OC. The van der Waals surface area contributed by atoms with Gasteiger partial charge < -0.3 is 14.2 Å². The van der Waals surface area contributed by atoms with Crippen molar-refractivity contribution in [2.75, 3.05) is 14.2 Å². The van der Waals surface area contributed by atoms with Gasteiger partial charge in [0.15, 0.2) is 11.5 Å². The molecule has 0 saturated carbocycles. The number of methoxy groups -OCH3 is 2. The molecule has 0 aromatic heterocycles. The topological polar surface area (TPSA) is 43.3 Å². The molecule has 2 aliphatic heterocycles. The number of halogens is 2. The van der Waals surface area contributed by atoms with Crippen molar-refractivity contribution in [3.05, 3.63) is 88.2 Å². The Kier molecular flexibility index (Phi) is 4.94. The normalized spacial score (nSPS) is 19.2. The van der Waals surface area contributed by atoms with Gasteiger partial charge in [-0.3, -0.25) is 0 Å². The third-order valence-electron chi connectivity index (χ3n) is 5.63. The van der Waals surface area contributed by atoms with Crippen LogP contribution in [0.25, 0.3) is 0 Å². The van der Waals surface area contributed by atoms with Crippen LogP contribution in [0.4, 0.5) is 4.39 Å². The van der Waals surface area contributed by atoms with E-state index in [4.69, 9.17) is 30.9 Å². The largest absolute Gasteiger partial charge is 0.493 e. The standard InChI is InChI=1S/C24H20ClFN2O3/c1-29-22-5-3-4-17(23(22)30-2)24-28-20(18-12-15(25)8-11-21(18)31-24)13-19(27-28)14-6-9-16(26)10-7-14/h3-12,20,24H,13H2,1-2H3/t20-,24-/m0/s1. The van der Waals surface area contributed by atoms with Crippen LogP contribution in [-0.4, -0.2) is 24.9 Å². The van der Waals surface area contributed by atoms with E-state index in [9.17, 15) is 4.39 Å². The summed E-state index contributed by atoms with van der Waals surface area (Å²) in [5.41, 5.74) is 3.49. The van der Waals surface area contributed by atoms with Crippen LogP contribution in [0.1, 0.15) is 35.4 Å². The molecule has 0 spiro atoms. The molecule has 0 bridgehead atoms. The molecule has 0 fully saturated rings. The van der Waals surface area contributed by atoms with Gasteiger partial charge in [-0.1, -0.05) is 29.8 Å². The minimum Gasteiger partial charge on any atom is -0.493 e. The summed E-state index contributed by atoms with van der Waals surface area (Å²) >= 11 is 6.29. The summed E-state index contributed by atoms with van der Waals surface area (Å²) in [7, 11) is 3.21. The highest BCUT2D eigenvalue weighted by atomic mass is 35.5. The lowest BCUT2D eigenvalue weighted by atomic mass is 9.95. The first-order chi connectivity index (χ1) is 15.1. The Bertz CT molecular complexity index is 1170. The number of hydrogen-bond donors (Lipinski definition) is 0. The molecule has 3 aromatic carbocycles. The minimum atomic E-state index is -0.526. The number of fused-ring (bicyclic) bond motifs is 3. The maximum atomic E-state index is 13.4. The Balaban J connectivity index is 1.64. The van der Waals surface area contributed by atoms with Crippen LogP contribution in [0.15, 0.2) is 65.8 Å². The van der Waals surface area contributed by atoms with E-state index in [1.807, 2.05) is 41.4 Å². The minimum absolute atomic E-state index is 0.0802. The first kappa shape index (κ1) is 19.7. The summed E-state index contributed by atoms with van der Waals surface area (Å²) in [6.45, 7) is 0. The monoisotopic (exact) mass is 438 g/mol. The molecule has 0 radical (unpaired) electrons. The summed E-state index contributed by atoms with van der Waals surface area (Å²) in [6, 6.07) is 17.6. The zero-order valence-corrected chi connectivity index (χ0v) is 17.8. The van der Waals surface area contributed by atoms with Gasteiger partial charge in [0, 0.05) is 17.0 Å². The highest BCUT2D eigenvalue weighted by Crippen LogP contribution is 2.50. The maximum Gasteiger partial charge on any atom is 0.217 e. The Labute approximate surface area is 184 Å². The number of benzene rings is 3. The molecule has 5 rings (SSSR count). The quantitative estimate of drug-likeness (QED) is 0.521. The van der Waals surface area contributed by atoms with Crippen molar-refractivity contribution in [3.8, 4) is 17.2 Å². The van der Waals surface area contributed by atoms with Gasteiger partial charge in [-0.25, -0.2) is 9.40 Å². The molecule has 0 amide bonds. The van der Waals surface area contributed by atoms with E-state index in [1.165, 1.54) is 12.1 Å². The van der Waals surface area contributed by atoms with Crippen LogP contribution in [0, 0.1) is 5.82 Å². The first-order valence-electron chi connectivity index (χ1n) is 9.88. The molecule has 0 saturated heterocycles. The first-order valence-corrected chi connectivity index (χ1v) is 10.3. The number of ether oxygens (including phenoxy) is 3. The number of hydrazone groups is 1. The summed E-state index contributed by atoms with van der Waals surface area (Å²) in [6.07, 6.45) is 0.118. The Hall–Kier alpha value is -3.25. The fourth-order valence-corrected chi connectivity index (χ4v) is 4.37. The van der Waals surface area contributed by atoms with E-state index < -0.39 is 6.23 Å². The number of hydrogen-bond acceptors (Lipinski definition) is 5. The number of para-hydroxylation sites is 1. The van der Waals surface area contributed by atoms with Crippen LogP contribution < -0.4 is 14.2 Å². The van der Waals surface area contributed by atoms with E-state index in [0.717, 1.165) is 28.2 Å². The Morgan fingerprint density at radius 2 is 1.84 bits per heavy atom. The maximum absolute atomic E-state index is 13.4. The molecule has 31 heavy (non-hydrogen) atoms. The van der Waals surface area contributed by atoms with Crippen molar-refractivity contribution in [2.24, 2.45) is 5.10 Å². The van der Waals surface area contributed by atoms with Crippen molar-refractivity contribution < 1.29 is 18.6 Å². The molecule has 0 N–H and O–H groups in total. The highest BCUT2D eigenvalue weighted by molar-refractivity contribution is 6.30. The van der Waals surface area contributed by atoms with Crippen LogP contribution >= 0.6 is 11.6 Å². The summed E-state index contributed by atoms with van der Waals surface area (Å²) in [4.78, 5) is 0. The van der Waals surface area contributed by atoms with E-state index in [0.29, 0.717) is 22.9 Å². The van der Waals surface area contributed by atoms with Crippen molar-refractivity contribution in [3.63, 3.8) is 0 Å². The zero-order chi connectivity index (χ0) is 21.5. The Morgan fingerprint density at radius 3 is 2.58 bits per heavy atom. The molecule has 0 aliphatic carbocycles. The average Bonchev–Trinajstić information content (AvgIpc) is 3.24. The number of nitrogens with zero attached hydrogens (tertiary/aromatic N) is 2. The van der Waals surface area contributed by atoms with E-state index >= 15 is 0 Å². The summed E-state index contributed by atoms with van der Waals surface area (Å²) < 4.78 is 31.0. The number of rotatable bonds is 4. The van der Waals surface area contributed by atoms with Gasteiger partial charge in [-0.05, 0) is 48.0 Å². The van der Waals surface area contributed by atoms with Crippen molar-refractivity contribution >= 4 is 17.3 Å². The van der Waals surface area contributed by atoms with Gasteiger partial charge in [0.25, 0.3) is 0 Å². The van der Waals surface area contributed by atoms with Crippen LogP contribution in [-0.2, 0) is 0 Å². The van der Waals surface area contributed by atoms with Crippen molar-refractivity contribution in [1.82, 2.24) is 5.01 Å². The second-order valence-corrected chi connectivity index (χ2v) is 7.83. The van der Waals surface area contributed by atoms with Crippen molar-refractivity contribution in [1.29, 1.82) is 0 Å². The smallest absolute Gasteiger partial charge is 0.217 e. The predicted octanol–water partition coefficient (Wildman–Crippen LogP) is 5.74. The van der Waals surface area contributed by atoms with Crippen molar-refractivity contribution in [2.45, 2.75) is 18.7 Å². The molecule has 2 atom stereocenters. The fourth-order valence-electron chi connectivity index (χ4n) is 4.19. The molecule has 3 aromatic rings. The Morgan fingerprint density at radius 1 is 1.03 bits per heavy atom. The molecule has 2 aliphatic rings. The lowest BCUT2D eigenvalue weighted by molar-refractivity contribution is -0.0205. The predicted molar refractivity (Wildman–Crippen MR) is 117 cm³/mol. The molecule has 0 unspecified atom stereocenters. The molecule has 5 nitrogen and oxygen atoms in total. The van der Waals surface area contributed by atoms with Gasteiger partial charge in [0.05, 0.1) is 31.5 Å². The van der Waals surface area contributed by atoms with Gasteiger partial charge in [-0.15, -0.1) is 0 Å². The van der Waals surface area contributed by atoms with Gasteiger partial charge in [-0.2, -0.15) is 5.10 Å². The van der Waals surface area contributed by atoms with Crippen LogP contribution in [0.2, 0.25) is 5.02 Å². The lowest BCUT2D eigenvalue weighted by Gasteiger charge is -2.38. The molecular weight excluding hydrogens is 419 g/mol. The van der Waals surface area contributed by atoms with E-state index in [-0.39, 0.29) is 11.9 Å². The molecular formula is C24H20ClFN2O3.